The number of nitrogens with one attached hydrogen (secondary N) is 2. The largest absolute Gasteiger partial charge is 0.416 e. The van der Waals surface area contributed by atoms with Crippen LogP contribution in [0.3, 0.4) is 0 Å². The summed E-state index contributed by atoms with van der Waals surface area (Å²) < 4.78 is 37.9. The van der Waals surface area contributed by atoms with E-state index >= 15 is 0 Å². The van der Waals surface area contributed by atoms with Gasteiger partial charge in [-0.3, -0.25) is 5.43 Å². The Morgan fingerprint density at radius 1 is 1.18 bits per heavy atom. The number of rotatable bonds is 6. The summed E-state index contributed by atoms with van der Waals surface area (Å²) in [6.45, 7) is 4.12. The molecule has 0 amide bonds. The normalized spacial score (nSPS) is 11.0. The Morgan fingerprint density at radius 3 is 2.36 bits per heavy atom. The van der Waals surface area contributed by atoms with Gasteiger partial charge in [-0.05, 0) is 43.3 Å². The Kier molecular flexibility index (Phi) is 7.31. The predicted octanol–water partition coefficient (Wildman–Crippen LogP) is 4.95. The Morgan fingerprint density at radius 2 is 1.82 bits per heavy atom. The quantitative estimate of drug-likeness (QED) is 0.440. The Balaban J connectivity index is 2.67. The van der Waals surface area contributed by atoms with Crippen molar-refractivity contribution >= 4 is 28.7 Å². The van der Waals surface area contributed by atoms with E-state index in [0.29, 0.717) is 0 Å². The fourth-order valence-electron chi connectivity index (χ4n) is 1.88. The third-order valence-corrected chi connectivity index (χ3v) is 3.03. The zero-order valence-corrected chi connectivity index (χ0v) is 13.4. The van der Waals surface area contributed by atoms with E-state index in [2.05, 4.69) is 29.7 Å². The number of halogens is 3. The molecule has 1 rings (SSSR count). The van der Waals surface area contributed by atoms with Crippen molar-refractivity contribution < 1.29 is 13.2 Å². The van der Waals surface area contributed by atoms with E-state index in [1.165, 1.54) is 12.1 Å². The van der Waals surface area contributed by atoms with Gasteiger partial charge in [-0.2, -0.15) is 18.3 Å². The zero-order valence-electron chi connectivity index (χ0n) is 12.6. The zero-order chi connectivity index (χ0) is 16.6. The van der Waals surface area contributed by atoms with Crippen molar-refractivity contribution in [1.82, 2.24) is 5.43 Å². The van der Waals surface area contributed by atoms with E-state index in [9.17, 15) is 13.2 Å². The maximum Gasteiger partial charge on any atom is 0.416 e. The molecule has 0 heterocycles. The maximum absolute atomic E-state index is 12.6. The smallest absolute Gasteiger partial charge is 0.331 e. The fraction of sp³-hybridized carbons (Fsp3) is 0.467. The molecule has 0 aromatic heterocycles. The van der Waals surface area contributed by atoms with Crippen molar-refractivity contribution in [2.45, 2.75) is 45.7 Å². The molecule has 0 aliphatic carbocycles. The highest BCUT2D eigenvalue weighted by atomic mass is 32.1. The van der Waals surface area contributed by atoms with Crippen LogP contribution in [-0.2, 0) is 6.18 Å². The predicted molar refractivity (Wildman–Crippen MR) is 88.1 cm³/mol. The van der Waals surface area contributed by atoms with Crippen LogP contribution >= 0.6 is 12.2 Å². The average Bonchev–Trinajstić information content (AvgIpc) is 2.45. The topological polar surface area (TPSA) is 36.4 Å². The second-order valence-electron chi connectivity index (χ2n) is 4.82. The van der Waals surface area contributed by atoms with Crippen LogP contribution in [0.4, 0.5) is 18.9 Å². The molecule has 2 N–H and O–H groups in total. The monoisotopic (exact) mass is 331 g/mol. The molecule has 1 aromatic rings. The SMILES string of the molecule is CCCC(CCC)=NNC(=S)Nc1cccc(C(F)(F)F)c1. The first-order valence-electron chi connectivity index (χ1n) is 7.16. The summed E-state index contributed by atoms with van der Waals surface area (Å²) in [6.07, 6.45) is -0.678. The maximum atomic E-state index is 12.6. The highest BCUT2D eigenvalue weighted by molar-refractivity contribution is 7.80. The van der Waals surface area contributed by atoms with Crippen molar-refractivity contribution in [2.75, 3.05) is 5.32 Å². The molecule has 0 saturated heterocycles. The van der Waals surface area contributed by atoms with Crippen LogP contribution in [0.15, 0.2) is 29.4 Å². The van der Waals surface area contributed by atoms with Gasteiger partial charge in [0.2, 0.25) is 0 Å². The molecule has 122 valence electrons. The molecule has 0 fully saturated rings. The minimum Gasteiger partial charge on any atom is -0.331 e. The van der Waals surface area contributed by atoms with Gasteiger partial charge in [-0.15, -0.1) is 0 Å². The van der Waals surface area contributed by atoms with Gasteiger partial charge >= 0.3 is 6.18 Å². The van der Waals surface area contributed by atoms with Crippen molar-refractivity contribution in [1.29, 1.82) is 0 Å². The molecule has 7 heteroatoms. The molecule has 22 heavy (non-hydrogen) atoms. The molecule has 1 aromatic carbocycles. The number of hydrogen-bond donors (Lipinski definition) is 2. The summed E-state index contributed by atoms with van der Waals surface area (Å²) in [5.74, 6) is 0. The summed E-state index contributed by atoms with van der Waals surface area (Å²) in [4.78, 5) is 0. The van der Waals surface area contributed by atoms with Gasteiger partial charge < -0.3 is 5.32 Å². The van der Waals surface area contributed by atoms with Crippen molar-refractivity contribution in [2.24, 2.45) is 5.10 Å². The third kappa shape index (κ3) is 6.43. The van der Waals surface area contributed by atoms with Gasteiger partial charge in [0.25, 0.3) is 0 Å². The molecule has 0 aliphatic rings. The summed E-state index contributed by atoms with van der Waals surface area (Å²) >= 11 is 5.05. The molecule has 3 nitrogen and oxygen atoms in total. The number of hydrogen-bond acceptors (Lipinski definition) is 2. The van der Waals surface area contributed by atoms with Crippen LogP contribution in [0, 0.1) is 0 Å². The van der Waals surface area contributed by atoms with Crippen LogP contribution in [-0.4, -0.2) is 10.8 Å². The average molecular weight is 331 g/mol. The van der Waals surface area contributed by atoms with Gasteiger partial charge in [-0.1, -0.05) is 32.8 Å². The van der Waals surface area contributed by atoms with Crippen LogP contribution < -0.4 is 10.7 Å². The third-order valence-electron chi connectivity index (χ3n) is 2.84. The fourth-order valence-corrected chi connectivity index (χ4v) is 2.04. The molecular weight excluding hydrogens is 311 g/mol. The second-order valence-corrected chi connectivity index (χ2v) is 5.23. The van der Waals surface area contributed by atoms with Crippen LogP contribution in [0.1, 0.15) is 45.1 Å². The molecule has 0 spiro atoms. The Labute approximate surface area is 134 Å². The summed E-state index contributed by atoms with van der Waals surface area (Å²) in [5, 5.41) is 7.09. The van der Waals surface area contributed by atoms with Gasteiger partial charge in [0, 0.05) is 11.4 Å². The van der Waals surface area contributed by atoms with Crippen molar-refractivity contribution in [3.8, 4) is 0 Å². The van der Waals surface area contributed by atoms with E-state index in [-0.39, 0.29) is 10.8 Å². The number of hydrazone groups is 1. The van der Waals surface area contributed by atoms with E-state index < -0.39 is 11.7 Å². The second kappa shape index (κ2) is 8.73. The van der Waals surface area contributed by atoms with Crippen LogP contribution in [0.25, 0.3) is 0 Å². The molecule has 0 aliphatic heterocycles. The molecule has 0 bridgehead atoms. The minimum absolute atomic E-state index is 0.170. The highest BCUT2D eigenvalue weighted by Crippen LogP contribution is 2.30. The van der Waals surface area contributed by atoms with Crippen LogP contribution in [0.5, 0.6) is 0 Å². The lowest BCUT2D eigenvalue weighted by Gasteiger charge is -2.11. The summed E-state index contributed by atoms with van der Waals surface area (Å²) in [5.41, 5.74) is 3.24. The number of anilines is 1. The number of nitrogens with zero attached hydrogens (tertiary/aromatic N) is 1. The van der Waals surface area contributed by atoms with Crippen LogP contribution in [0.2, 0.25) is 0 Å². The standard InChI is InChI=1S/C15H20F3N3S/c1-3-6-12(7-4-2)20-21-14(22)19-13-9-5-8-11(10-13)15(16,17)18/h5,8-10H,3-4,6-7H2,1-2H3,(H2,19,21,22). The molecule has 0 saturated carbocycles. The first-order chi connectivity index (χ1) is 10.4. The molecule has 0 unspecified atom stereocenters. The van der Waals surface area contributed by atoms with Crippen molar-refractivity contribution in [3.63, 3.8) is 0 Å². The van der Waals surface area contributed by atoms with Gasteiger partial charge in [0.15, 0.2) is 5.11 Å². The highest BCUT2D eigenvalue weighted by Gasteiger charge is 2.30. The molecular formula is C15H20F3N3S. The number of thiocarbonyl (C=S) groups is 1. The lowest BCUT2D eigenvalue weighted by Crippen LogP contribution is -2.25. The van der Waals surface area contributed by atoms with Gasteiger partial charge in [0.1, 0.15) is 0 Å². The lowest BCUT2D eigenvalue weighted by molar-refractivity contribution is -0.137. The van der Waals surface area contributed by atoms with E-state index in [1.807, 2.05) is 0 Å². The number of alkyl halides is 3. The first kappa shape index (κ1) is 18.4. The first-order valence-corrected chi connectivity index (χ1v) is 7.57. The lowest BCUT2D eigenvalue weighted by atomic mass is 10.1. The summed E-state index contributed by atoms with van der Waals surface area (Å²) in [6, 6.07) is 4.87. The summed E-state index contributed by atoms with van der Waals surface area (Å²) in [7, 11) is 0. The Hall–Kier alpha value is -1.63. The van der Waals surface area contributed by atoms with E-state index in [0.717, 1.165) is 43.5 Å². The number of benzene rings is 1. The van der Waals surface area contributed by atoms with Crippen molar-refractivity contribution in [3.05, 3.63) is 29.8 Å². The van der Waals surface area contributed by atoms with Gasteiger partial charge in [-0.25, -0.2) is 0 Å². The molecule has 0 radical (unpaired) electrons. The van der Waals surface area contributed by atoms with Gasteiger partial charge in [0.05, 0.1) is 5.56 Å². The minimum atomic E-state index is -4.37. The molecule has 0 atom stereocenters. The van der Waals surface area contributed by atoms with E-state index in [4.69, 9.17) is 12.2 Å². The Bertz CT molecular complexity index is 519. The van der Waals surface area contributed by atoms with E-state index in [1.54, 1.807) is 0 Å².